The molecular weight excluding hydrogens is 862 g/mol. The summed E-state index contributed by atoms with van der Waals surface area (Å²) < 4.78 is 5.29. The molecule has 14 rings (SSSR count). The van der Waals surface area contributed by atoms with Crippen molar-refractivity contribution in [1.82, 2.24) is 4.57 Å². The number of fused-ring (bicyclic) bond motifs is 10. The van der Waals surface area contributed by atoms with Gasteiger partial charge in [-0.3, -0.25) is 0 Å². The summed E-state index contributed by atoms with van der Waals surface area (Å²) in [6.07, 6.45) is 0. The number of nitrogens with zero attached hydrogens (tertiary/aromatic N) is 1. The molecule has 12 aromatic carbocycles. The average Bonchev–Trinajstić information content (AvgIpc) is 3.93. The van der Waals surface area contributed by atoms with Crippen molar-refractivity contribution in [2.24, 2.45) is 0 Å². The van der Waals surface area contributed by atoms with Crippen LogP contribution in [0.1, 0.15) is 0 Å². The van der Waals surface area contributed by atoms with E-state index < -0.39 is 0 Å². The van der Waals surface area contributed by atoms with Gasteiger partial charge in [0.15, 0.2) is 0 Å². The Morgan fingerprint density at radius 3 is 1.27 bits per heavy atom. The zero-order chi connectivity index (χ0) is 43.3. The van der Waals surface area contributed by atoms with E-state index in [0.717, 1.165) is 0 Å². The Balaban J connectivity index is 1.02. The van der Waals surface area contributed by atoms with E-state index in [2.05, 4.69) is 241 Å². The van der Waals surface area contributed by atoms with Crippen molar-refractivity contribution in [2.75, 3.05) is 0 Å². The van der Waals surface area contributed by atoms with Gasteiger partial charge in [-0.25, -0.2) is 0 Å². The molecule has 0 bridgehead atoms. The number of hydrogen-bond donors (Lipinski definition) is 0. The van der Waals surface area contributed by atoms with E-state index in [1.807, 2.05) is 0 Å². The summed E-state index contributed by atoms with van der Waals surface area (Å²) in [6.45, 7) is 0. The van der Waals surface area contributed by atoms with Gasteiger partial charge in [0, 0.05) is 5.69 Å². The second kappa shape index (κ2) is 14.8. The Kier molecular flexibility index (Phi) is 8.37. The molecular formula is C64H39NSe. The Morgan fingerprint density at radius 2 is 0.697 bits per heavy atom. The van der Waals surface area contributed by atoms with Gasteiger partial charge in [0.05, 0.1) is 0 Å². The predicted octanol–water partition coefficient (Wildman–Crippen LogP) is 17.4. The van der Waals surface area contributed by atoms with E-state index >= 15 is 0 Å². The SMILES string of the molecule is c1ccc(-c2c3ccccc3c(-c3ccc4[se]c5cccc(-c6c7ccccc7c(-c7ccc8c(c7)c7ccccc7n8-c7ccccc7)c7ccccc67)c5c4c3)c3ccccc23)cc1. The van der Waals surface area contributed by atoms with E-state index in [1.54, 1.807) is 0 Å². The van der Waals surface area contributed by atoms with Gasteiger partial charge >= 0.3 is 336 Å². The maximum absolute atomic E-state index is 2.52. The normalized spacial score (nSPS) is 11.9. The fourth-order valence-electron chi connectivity index (χ4n) is 11.3. The predicted molar refractivity (Wildman–Crippen MR) is 285 cm³/mol. The zero-order valence-corrected chi connectivity index (χ0v) is 37.6. The number of aromatic nitrogens is 1. The second-order valence-electron chi connectivity index (χ2n) is 17.5. The number of para-hydroxylation sites is 2. The summed E-state index contributed by atoms with van der Waals surface area (Å²) in [4.78, 5) is 0. The van der Waals surface area contributed by atoms with Crippen molar-refractivity contribution < 1.29 is 0 Å². The van der Waals surface area contributed by atoms with Crippen LogP contribution in [0.4, 0.5) is 0 Å². The maximum atomic E-state index is 2.52. The van der Waals surface area contributed by atoms with Crippen LogP contribution in [0.25, 0.3) is 134 Å². The van der Waals surface area contributed by atoms with Gasteiger partial charge in [-0.05, 0) is 18.2 Å². The minimum absolute atomic E-state index is 0.181. The first-order valence-corrected chi connectivity index (χ1v) is 24.5. The molecule has 0 unspecified atom stereocenters. The Bertz CT molecular complexity index is 4160. The van der Waals surface area contributed by atoms with Gasteiger partial charge in [-0.15, -0.1) is 0 Å². The fraction of sp³-hybridized carbons (Fsp3) is 0. The van der Waals surface area contributed by atoms with Crippen LogP contribution in [0.2, 0.25) is 0 Å². The standard InChI is InChI=1S/C64H39NSe/c1-3-18-40(19-4-1)60-45-23-7-9-25-47(45)62(48-26-10-8-24-46(48)60)42-35-37-58-55(39-42)64-53(31-17-33-59(64)66-58)63-51-29-13-11-27-49(51)61(50-28-12-14-30-52(50)63)41-34-36-57-54(38-41)44-22-15-16-32-56(44)65(57)43-20-5-2-6-21-43/h1-39H. The number of benzene rings is 12. The first-order chi connectivity index (χ1) is 32.8. The third-order valence-electron chi connectivity index (χ3n) is 14.0. The van der Waals surface area contributed by atoms with Gasteiger partial charge in [0.25, 0.3) is 0 Å². The van der Waals surface area contributed by atoms with Crippen molar-refractivity contribution >= 4 is 98.7 Å². The molecule has 0 aliphatic heterocycles. The third kappa shape index (κ3) is 5.53. The van der Waals surface area contributed by atoms with E-state index in [1.165, 1.54) is 134 Å². The molecule has 2 aromatic heterocycles. The monoisotopic (exact) mass is 901 g/mol. The molecule has 0 saturated carbocycles. The molecule has 0 amide bonds. The molecule has 0 radical (unpaired) electrons. The van der Waals surface area contributed by atoms with Gasteiger partial charge in [-0.2, -0.15) is 0 Å². The molecule has 0 atom stereocenters. The van der Waals surface area contributed by atoms with Crippen LogP contribution in [0.3, 0.4) is 0 Å². The molecule has 66 heavy (non-hydrogen) atoms. The fourth-order valence-corrected chi connectivity index (χ4v) is 13.6. The topological polar surface area (TPSA) is 4.93 Å². The van der Waals surface area contributed by atoms with Gasteiger partial charge in [-0.1, -0.05) is 30.3 Å². The Morgan fingerprint density at radius 1 is 0.258 bits per heavy atom. The van der Waals surface area contributed by atoms with Crippen LogP contribution in [0.5, 0.6) is 0 Å². The summed E-state index contributed by atoms with van der Waals surface area (Å²) in [5, 5.41) is 15.5. The molecule has 1 nitrogen and oxygen atoms in total. The molecule has 0 aliphatic carbocycles. The van der Waals surface area contributed by atoms with Crippen LogP contribution in [0, 0.1) is 0 Å². The van der Waals surface area contributed by atoms with E-state index in [-0.39, 0.29) is 14.5 Å². The van der Waals surface area contributed by atoms with Crippen LogP contribution in [-0.2, 0) is 0 Å². The summed E-state index contributed by atoms with van der Waals surface area (Å²) in [6, 6.07) is 88.2. The molecule has 2 heterocycles. The summed E-state index contributed by atoms with van der Waals surface area (Å²) in [7, 11) is 0. The molecule has 0 N–H and O–H groups in total. The van der Waals surface area contributed by atoms with E-state index in [9.17, 15) is 0 Å². The molecule has 14 aromatic rings. The molecule has 0 saturated heterocycles. The summed E-state index contributed by atoms with van der Waals surface area (Å²) >= 11 is 0.181. The summed E-state index contributed by atoms with van der Waals surface area (Å²) in [5.74, 6) is 0. The second-order valence-corrected chi connectivity index (χ2v) is 19.7. The van der Waals surface area contributed by atoms with E-state index in [0.29, 0.717) is 0 Å². The van der Waals surface area contributed by atoms with Crippen molar-refractivity contribution in [3.8, 4) is 50.2 Å². The van der Waals surface area contributed by atoms with Crippen LogP contribution < -0.4 is 0 Å². The minimum atomic E-state index is 0.181. The molecule has 0 fully saturated rings. The third-order valence-corrected chi connectivity index (χ3v) is 16.3. The quantitative estimate of drug-likeness (QED) is 0.120. The zero-order valence-electron chi connectivity index (χ0n) is 35.9. The van der Waals surface area contributed by atoms with Crippen LogP contribution in [0.15, 0.2) is 237 Å². The van der Waals surface area contributed by atoms with Gasteiger partial charge in [0.2, 0.25) is 0 Å². The van der Waals surface area contributed by atoms with E-state index in [4.69, 9.17) is 0 Å². The van der Waals surface area contributed by atoms with Gasteiger partial charge in [0.1, 0.15) is 0 Å². The average molecular weight is 901 g/mol. The molecule has 306 valence electrons. The van der Waals surface area contributed by atoms with Crippen molar-refractivity contribution in [3.63, 3.8) is 0 Å². The Labute approximate surface area is 387 Å². The molecule has 2 heteroatoms. The van der Waals surface area contributed by atoms with Crippen molar-refractivity contribution in [3.05, 3.63) is 237 Å². The van der Waals surface area contributed by atoms with Crippen LogP contribution >= 0.6 is 0 Å². The van der Waals surface area contributed by atoms with Crippen LogP contribution in [-0.4, -0.2) is 19.1 Å². The first-order valence-electron chi connectivity index (χ1n) is 22.8. The Hall–Kier alpha value is -8.00. The number of hydrogen-bond acceptors (Lipinski definition) is 0. The van der Waals surface area contributed by atoms with Crippen molar-refractivity contribution in [1.29, 1.82) is 0 Å². The summed E-state index contributed by atoms with van der Waals surface area (Å²) in [5.41, 5.74) is 13.8. The molecule has 0 aliphatic rings. The first kappa shape index (κ1) is 37.4. The molecule has 0 spiro atoms. The number of rotatable bonds is 5. The van der Waals surface area contributed by atoms with Crippen molar-refractivity contribution in [2.45, 2.75) is 0 Å². The van der Waals surface area contributed by atoms with Gasteiger partial charge < -0.3 is 0 Å².